The average molecular weight is 307 g/mol. The Balaban J connectivity index is 1.83. The largest absolute Gasteiger partial charge is 0.338 e. The maximum Gasteiger partial charge on any atom is 0.224 e. The number of aromatic nitrogens is 2. The summed E-state index contributed by atoms with van der Waals surface area (Å²) in [6.07, 6.45) is 0.488. The number of nitrogens with zero attached hydrogens (tertiary/aromatic N) is 1. The Hall–Kier alpha value is -2.62. The molecule has 4 heteroatoms. The normalized spacial score (nSPS) is 11.6. The summed E-state index contributed by atoms with van der Waals surface area (Å²) < 4.78 is 0. The monoisotopic (exact) mass is 307 g/mol. The van der Waals surface area contributed by atoms with Crippen LogP contribution in [0.15, 0.2) is 48.5 Å². The van der Waals surface area contributed by atoms with Crippen molar-refractivity contribution in [3.63, 3.8) is 0 Å². The molecule has 3 aromatic rings. The van der Waals surface area contributed by atoms with Gasteiger partial charge < -0.3 is 10.3 Å². The Morgan fingerprint density at radius 1 is 1.13 bits per heavy atom. The highest BCUT2D eigenvalue weighted by Crippen LogP contribution is 2.24. The number of imidazole rings is 1. The molecule has 118 valence electrons. The van der Waals surface area contributed by atoms with Gasteiger partial charge >= 0.3 is 0 Å². The lowest BCUT2D eigenvalue weighted by Crippen LogP contribution is -2.19. The van der Waals surface area contributed by atoms with E-state index in [1.54, 1.807) is 0 Å². The zero-order chi connectivity index (χ0) is 16.4. The number of aromatic amines is 1. The van der Waals surface area contributed by atoms with Crippen LogP contribution in [0.3, 0.4) is 0 Å². The highest BCUT2D eigenvalue weighted by Gasteiger charge is 2.16. The molecule has 0 saturated carbocycles. The third-order valence-electron chi connectivity index (χ3n) is 3.50. The summed E-state index contributed by atoms with van der Waals surface area (Å²) in [6, 6.07) is 15.7. The molecule has 1 amide bonds. The van der Waals surface area contributed by atoms with Crippen molar-refractivity contribution in [2.45, 2.75) is 27.2 Å². The van der Waals surface area contributed by atoms with Crippen LogP contribution >= 0.6 is 0 Å². The van der Waals surface area contributed by atoms with E-state index in [2.05, 4.69) is 36.1 Å². The molecule has 0 bridgehead atoms. The lowest BCUT2D eigenvalue weighted by atomic mass is 9.92. The van der Waals surface area contributed by atoms with Crippen LogP contribution in [0.5, 0.6) is 0 Å². The Labute approximate surface area is 136 Å². The zero-order valence-corrected chi connectivity index (χ0v) is 13.7. The van der Waals surface area contributed by atoms with Gasteiger partial charge in [0, 0.05) is 17.7 Å². The van der Waals surface area contributed by atoms with Crippen molar-refractivity contribution in [2.24, 2.45) is 5.41 Å². The molecule has 0 saturated heterocycles. The molecule has 0 aliphatic carbocycles. The summed E-state index contributed by atoms with van der Waals surface area (Å²) in [7, 11) is 0. The van der Waals surface area contributed by atoms with Crippen LogP contribution in [-0.4, -0.2) is 15.9 Å². The first-order valence-corrected chi connectivity index (χ1v) is 7.76. The Bertz CT molecular complexity index is 810. The van der Waals surface area contributed by atoms with E-state index in [4.69, 9.17) is 0 Å². The van der Waals surface area contributed by atoms with E-state index in [1.807, 2.05) is 48.5 Å². The smallest absolute Gasteiger partial charge is 0.224 e. The Morgan fingerprint density at radius 3 is 2.65 bits per heavy atom. The standard InChI is InChI=1S/C19H21N3O/c1-19(2,3)12-17(23)20-14-8-6-7-13(11-14)18-21-15-9-4-5-10-16(15)22-18/h4-11H,12H2,1-3H3,(H,20,23)(H,21,22). The Morgan fingerprint density at radius 2 is 1.91 bits per heavy atom. The molecule has 1 aromatic heterocycles. The molecular formula is C19H21N3O. The minimum Gasteiger partial charge on any atom is -0.338 e. The molecular weight excluding hydrogens is 286 g/mol. The lowest BCUT2D eigenvalue weighted by molar-refractivity contribution is -0.117. The maximum atomic E-state index is 12.1. The molecule has 0 atom stereocenters. The molecule has 23 heavy (non-hydrogen) atoms. The average Bonchev–Trinajstić information content (AvgIpc) is 2.89. The second-order valence-electron chi connectivity index (χ2n) is 6.97. The predicted octanol–water partition coefficient (Wildman–Crippen LogP) is 4.60. The number of hydrogen-bond acceptors (Lipinski definition) is 2. The number of para-hydroxylation sites is 2. The first-order chi connectivity index (χ1) is 10.9. The molecule has 0 unspecified atom stereocenters. The number of hydrogen-bond donors (Lipinski definition) is 2. The van der Waals surface area contributed by atoms with Crippen molar-refractivity contribution >= 4 is 22.6 Å². The molecule has 4 nitrogen and oxygen atoms in total. The van der Waals surface area contributed by atoms with Gasteiger partial charge in [-0.3, -0.25) is 4.79 Å². The first kappa shape index (κ1) is 15.3. The van der Waals surface area contributed by atoms with Crippen molar-refractivity contribution in [2.75, 3.05) is 5.32 Å². The lowest BCUT2D eigenvalue weighted by Gasteiger charge is -2.17. The number of amides is 1. The fourth-order valence-electron chi connectivity index (χ4n) is 2.52. The highest BCUT2D eigenvalue weighted by atomic mass is 16.1. The van der Waals surface area contributed by atoms with Crippen molar-refractivity contribution in [3.05, 3.63) is 48.5 Å². The van der Waals surface area contributed by atoms with E-state index in [0.717, 1.165) is 28.1 Å². The van der Waals surface area contributed by atoms with Crippen molar-refractivity contribution in [1.82, 2.24) is 9.97 Å². The van der Waals surface area contributed by atoms with Gasteiger partial charge in [-0.25, -0.2) is 4.98 Å². The number of benzene rings is 2. The van der Waals surface area contributed by atoms with Crippen LogP contribution < -0.4 is 5.32 Å². The van der Waals surface area contributed by atoms with Gasteiger partial charge in [0.1, 0.15) is 5.82 Å². The molecule has 0 radical (unpaired) electrons. The van der Waals surface area contributed by atoms with Crippen LogP contribution in [0.25, 0.3) is 22.4 Å². The van der Waals surface area contributed by atoms with E-state index in [-0.39, 0.29) is 11.3 Å². The minimum absolute atomic E-state index is 0.0271. The molecule has 0 aliphatic heterocycles. The summed E-state index contributed by atoms with van der Waals surface area (Å²) in [5, 5.41) is 2.96. The van der Waals surface area contributed by atoms with Gasteiger partial charge in [-0.05, 0) is 29.7 Å². The zero-order valence-electron chi connectivity index (χ0n) is 13.7. The first-order valence-electron chi connectivity index (χ1n) is 7.76. The summed E-state index contributed by atoms with van der Waals surface area (Å²) in [4.78, 5) is 20.0. The molecule has 0 fully saturated rings. The van der Waals surface area contributed by atoms with Crippen molar-refractivity contribution in [1.29, 1.82) is 0 Å². The number of rotatable bonds is 3. The summed E-state index contributed by atoms with van der Waals surface area (Å²) in [6.45, 7) is 6.16. The summed E-state index contributed by atoms with van der Waals surface area (Å²) in [5.41, 5.74) is 3.65. The molecule has 2 N–H and O–H groups in total. The van der Waals surface area contributed by atoms with Gasteiger partial charge in [-0.2, -0.15) is 0 Å². The van der Waals surface area contributed by atoms with E-state index >= 15 is 0 Å². The highest BCUT2D eigenvalue weighted by molar-refractivity contribution is 5.92. The van der Waals surface area contributed by atoms with Crippen molar-refractivity contribution in [3.8, 4) is 11.4 Å². The minimum atomic E-state index is -0.0274. The van der Waals surface area contributed by atoms with Gasteiger partial charge in [0.05, 0.1) is 11.0 Å². The third-order valence-corrected chi connectivity index (χ3v) is 3.50. The van der Waals surface area contributed by atoms with Gasteiger partial charge in [-0.15, -0.1) is 0 Å². The van der Waals surface area contributed by atoms with Gasteiger partial charge in [0.15, 0.2) is 0 Å². The molecule has 1 heterocycles. The van der Waals surface area contributed by atoms with Crippen LogP contribution in [0.1, 0.15) is 27.2 Å². The molecule has 0 spiro atoms. The van der Waals surface area contributed by atoms with Gasteiger partial charge in [-0.1, -0.05) is 45.0 Å². The van der Waals surface area contributed by atoms with Crippen LogP contribution in [0.2, 0.25) is 0 Å². The van der Waals surface area contributed by atoms with E-state index in [9.17, 15) is 4.79 Å². The van der Waals surface area contributed by atoms with Crippen LogP contribution in [0, 0.1) is 5.41 Å². The summed E-state index contributed by atoms with van der Waals surface area (Å²) >= 11 is 0. The van der Waals surface area contributed by atoms with Crippen LogP contribution in [-0.2, 0) is 4.79 Å². The number of anilines is 1. The van der Waals surface area contributed by atoms with E-state index in [0.29, 0.717) is 6.42 Å². The molecule has 3 rings (SSSR count). The second-order valence-corrected chi connectivity index (χ2v) is 6.97. The SMILES string of the molecule is CC(C)(C)CC(=O)Nc1cccc(-c2nc3ccccc3[nH]2)c1. The number of carbonyl (C=O) groups is 1. The predicted molar refractivity (Wildman–Crippen MR) is 94.2 cm³/mol. The van der Waals surface area contributed by atoms with Crippen LogP contribution in [0.4, 0.5) is 5.69 Å². The summed E-state index contributed by atoms with van der Waals surface area (Å²) in [5.74, 6) is 0.831. The maximum absolute atomic E-state index is 12.1. The second kappa shape index (κ2) is 5.88. The number of fused-ring (bicyclic) bond motifs is 1. The number of carbonyl (C=O) groups excluding carboxylic acids is 1. The number of nitrogens with one attached hydrogen (secondary N) is 2. The third kappa shape index (κ3) is 3.77. The van der Waals surface area contributed by atoms with Gasteiger partial charge in [0.25, 0.3) is 0 Å². The van der Waals surface area contributed by atoms with Crippen molar-refractivity contribution < 1.29 is 4.79 Å². The van der Waals surface area contributed by atoms with Gasteiger partial charge in [0.2, 0.25) is 5.91 Å². The molecule has 0 aliphatic rings. The quantitative estimate of drug-likeness (QED) is 0.742. The molecule has 2 aromatic carbocycles. The fraction of sp³-hybridized carbons (Fsp3) is 0.263. The topological polar surface area (TPSA) is 57.8 Å². The fourth-order valence-corrected chi connectivity index (χ4v) is 2.52. The number of H-pyrrole nitrogens is 1. The van der Waals surface area contributed by atoms with E-state index in [1.165, 1.54) is 0 Å². The van der Waals surface area contributed by atoms with E-state index < -0.39 is 0 Å². The Kier molecular flexibility index (Phi) is 3.90.